The lowest BCUT2D eigenvalue weighted by molar-refractivity contribution is -0.385. The number of rotatable bonds is 4. The molecule has 2 aromatic rings. The molecule has 0 atom stereocenters. The number of aromatic nitrogens is 2. The van der Waals surface area contributed by atoms with E-state index in [0.29, 0.717) is 16.9 Å². The number of nitrogens with zero attached hydrogens (tertiary/aromatic N) is 3. The Kier molecular flexibility index (Phi) is 4.17. The largest absolute Gasteiger partial charge is 0.296 e. The van der Waals surface area contributed by atoms with Crippen LogP contribution in [-0.4, -0.2) is 21.0 Å². The lowest BCUT2D eigenvalue weighted by atomic mass is 10.1. The van der Waals surface area contributed by atoms with E-state index in [2.05, 4.69) is 15.5 Å². The fourth-order valence-corrected chi connectivity index (χ4v) is 2.08. The number of nitrogens with one attached hydrogen (secondary N) is 1. The highest BCUT2D eigenvalue weighted by Crippen LogP contribution is 2.26. The fraction of sp³-hybridized carbons (Fsp3) is 0.182. The molecule has 0 radical (unpaired) electrons. The Balaban J connectivity index is 2.20. The van der Waals surface area contributed by atoms with Gasteiger partial charge in [0.1, 0.15) is 0 Å². The number of halogens is 2. The molecule has 0 fully saturated rings. The van der Waals surface area contributed by atoms with E-state index in [0.717, 1.165) is 6.07 Å². The molecule has 1 amide bonds. The maximum absolute atomic E-state index is 12.3. The van der Waals surface area contributed by atoms with E-state index >= 15 is 0 Å². The van der Waals surface area contributed by atoms with Gasteiger partial charge in [-0.25, -0.2) is 8.78 Å². The molecule has 110 valence electrons. The molecule has 10 heteroatoms. The number of hydrogen-bond acceptors (Lipinski definition) is 6. The van der Waals surface area contributed by atoms with Crippen LogP contribution in [0.15, 0.2) is 18.2 Å². The van der Waals surface area contributed by atoms with Crippen molar-refractivity contribution in [2.75, 3.05) is 5.32 Å². The molecule has 0 spiro atoms. The number of hydrogen-bond donors (Lipinski definition) is 1. The average molecular weight is 314 g/mol. The number of benzene rings is 1. The number of carbonyl (C=O) groups is 1. The summed E-state index contributed by atoms with van der Waals surface area (Å²) in [6, 6.07) is 3.93. The Morgan fingerprint density at radius 1 is 1.43 bits per heavy atom. The predicted octanol–water partition coefficient (Wildman–Crippen LogP) is 2.94. The third kappa shape index (κ3) is 3.34. The van der Waals surface area contributed by atoms with Crippen molar-refractivity contribution in [1.29, 1.82) is 0 Å². The Hall–Kier alpha value is -2.49. The Bertz CT molecular complexity index is 705. The first-order chi connectivity index (χ1) is 9.88. The van der Waals surface area contributed by atoms with Crippen LogP contribution in [0.5, 0.6) is 0 Å². The summed E-state index contributed by atoms with van der Waals surface area (Å²) in [5, 5.41) is 19.1. The van der Waals surface area contributed by atoms with Crippen LogP contribution in [-0.2, 0) is 0 Å². The fourth-order valence-electron chi connectivity index (χ4n) is 1.49. The minimum Gasteiger partial charge on any atom is -0.296 e. The zero-order chi connectivity index (χ0) is 15.6. The number of nitro benzene ring substituents is 1. The molecule has 0 aliphatic rings. The quantitative estimate of drug-likeness (QED) is 0.691. The van der Waals surface area contributed by atoms with Crippen molar-refractivity contribution in [3.63, 3.8) is 0 Å². The van der Waals surface area contributed by atoms with E-state index in [4.69, 9.17) is 0 Å². The maximum Gasteiger partial charge on any atom is 0.291 e. The van der Waals surface area contributed by atoms with Crippen LogP contribution in [0.25, 0.3) is 0 Å². The van der Waals surface area contributed by atoms with E-state index in [1.807, 2.05) is 0 Å². The monoisotopic (exact) mass is 314 g/mol. The van der Waals surface area contributed by atoms with Gasteiger partial charge in [-0.1, -0.05) is 17.4 Å². The number of nitro groups is 1. The molecule has 0 bridgehead atoms. The lowest BCUT2D eigenvalue weighted by Gasteiger charge is -2.02. The number of amides is 1. The van der Waals surface area contributed by atoms with E-state index in [1.165, 1.54) is 12.1 Å². The number of alkyl halides is 2. The second-order valence-electron chi connectivity index (χ2n) is 3.96. The lowest BCUT2D eigenvalue weighted by Crippen LogP contribution is -2.12. The molecule has 21 heavy (non-hydrogen) atoms. The van der Waals surface area contributed by atoms with Gasteiger partial charge < -0.3 is 0 Å². The molecule has 0 aliphatic heterocycles. The Labute approximate surface area is 120 Å². The molecule has 0 saturated carbocycles. The van der Waals surface area contributed by atoms with Gasteiger partial charge in [-0.2, -0.15) is 0 Å². The minimum absolute atomic E-state index is 0.0288. The SMILES string of the molecule is Cc1ccc(C(=O)Nc2nnc(C(F)F)s2)cc1[N+](=O)[O-]. The summed E-state index contributed by atoms with van der Waals surface area (Å²) in [6.07, 6.45) is -2.77. The van der Waals surface area contributed by atoms with E-state index in [9.17, 15) is 23.7 Å². The van der Waals surface area contributed by atoms with Crippen molar-refractivity contribution in [2.24, 2.45) is 0 Å². The first kappa shape index (κ1) is 14.9. The van der Waals surface area contributed by atoms with E-state index in [1.54, 1.807) is 6.92 Å². The second-order valence-corrected chi connectivity index (χ2v) is 4.97. The van der Waals surface area contributed by atoms with Gasteiger partial charge in [-0.3, -0.25) is 20.2 Å². The van der Waals surface area contributed by atoms with Crippen molar-refractivity contribution in [3.8, 4) is 0 Å². The highest BCUT2D eigenvalue weighted by atomic mass is 32.1. The summed E-state index contributed by atoms with van der Waals surface area (Å²) in [4.78, 5) is 22.1. The standard InChI is InChI=1S/C11H8F2N4O3S/c1-5-2-3-6(4-7(5)17(19)20)9(18)14-11-16-15-10(21-11)8(12)13/h2-4,8H,1H3,(H,14,16,18). The van der Waals surface area contributed by atoms with Gasteiger partial charge >= 0.3 is 0 Å². The van der Waals surface area contributed by atoms with Gasteiger partial charge in [0.2, 0.25) is 5.13 Å². The third-order valence-corrected chi connectivity index (χ3v) is 3.36. The Morgan fingerprint density at radius 2 is 2.14 bits per heavy atom. The van der Waals surface area contributed by atoms with E-state index in [-0.39, 0.29) is 16.4 Å². The van der Waals surface area contributed by atoms with Crippen LogP contribution in [0.2, 0.25) is 0 Å². The van der Waals surface area contributed by atoms with Crippen LogP contribution in [0.3, 0.4) is 0 Å². The number of carbonyl (C=O) groups excluding carboxylic acids is 1. The highest BCUT2D eigenvalue weighted by Gasteiger charge is 2.18. The first-order valence-corrected chi connectivity index (χ1v) is 6.38. The molecular formula is C11H8F2N4O3S. The van der Waals surface area contributed by atoms with Gasteiger partial charge in [0.15, 0.2) is 5.01 Å². The van der Waals surface area contributed by atoms with Crippen LogP contribution >= 0.6 is 11.3 Å². The molecule has 2 rings (SSSR count). The van der Waals surface area contributed by atoms with Crippen molar-refractivity contribution < 1.29 is 18.5 Å². The summed E-state index contributed by atoms with van der Waals surface area (Å²) >= 11 is 0.540. The summed E-state index contributed by atoms with van der Waals surface area (Å²) < 4.78 is 24.7. The molecule has 0 unspecified atom stereocenters. The summed E-state index contributed by atoms with van der Waals surface area (Å²) in [6.45, 7) is 1.54. The average Bonchev–Trinajstić information content (AvgIpc) is 2.87. The van der Waals surface area contributed by atoms with Crippen molar-refractivity contribution in [2.45, 2.75) is 13.3 Å². The minimum atomic E-state index is -2.77. The Morgan fingerprint density at radius 3 is 2.71 bits per heavy atom. The molecule has 1 aromatic heterocycles. The van der Waals surface area contributed by atoms with Gasteiger partial charge in [-0.15, -0.1) is 10.2 Å². The van der Waals surface area contributed by atoms with E-state index < -0.39 is 22.3 Å². The molecule has 1 aromatic carbocycles. The van der Waals surface area contributed by atoms with Crippen LogP contribution in [0, 0.1) is 17.0 Å². The molecule has 0 aliphatic carbocycles. The summed E-state index contributed by atoms with van der Waals surface area (Å²) in [5.41, 5.74) is 0.238. The van der Waals surface area contributed by atoms with Crippen LogP contribution < -0.4 is 5.32 Å². The third-order valence-electron chi connectivity index (χ3n) is 2.52. The first-order valence-electron chi connectivity index (χ1n) is 5.56. The zero-order valence-electron chi connectivity index (χ0n) is 10.5. The van der Waals surface area contributed by atoms with Gasteiger partial charge in [0.25, 0.3) is 18.0 Å². The highest BCUT2D eigenvalue weighted by molar-refractivity contribution is 7.15. The normalized spacial score (nSPS) is 10.7. The summed E-state index contributed by atoms with van der Waals surface area (Å²) in [5.74, 6) is -0.685. The molecular weight excluding hydrogens is 306 g/mol. The zero-order valence-corrected chi connectivity index (χ0v) is 11.4. The van der Waals surface area contributed by atoms with Crippen molar-refractivity contribution >= 4 is 28.1 Å². The van der Waals surface area contributed by atoms with Crippen LogP contribution in [0.4, 0.5) is 19.6 Å². The summed E-state index contributed by atoms with van der Waals surface area (Å²) in [7, 11) is 0. The predicted molar refractivity (Wildman–Crippen MR) is 70.7 cm³/mol. The molecule has 1 heterocycles. The second kappa shape index (κ2) is 5.87. The van der Waals surface area contributed by atoms with Gasteiger partial charge in [0, 0.05) is 17.2 Å². The van der Waals surface area contributed by atoms with Gasteiger partial charge in [0.05, 0.1) is 4.92 Å². The number of anilines is 1. The smallest absolute Gasteiger partial charge is 0.291 e. The van der Waals surface area contributed by atoms with Crippen LogP contribution in [0.1, 0.15) is 27.4 Å². The topological polar surface area (TPSA) is 98.0 Å². The van der Waals surface area contributed by atoms with Crippen molar-refractivity contribution in [1.82, 2.24) is 10.2 Å². The van der Waals surface area contributed by atoms with Crippen molar-refractivity contribution in [3.05, 3.63) is 44.4 Å². The van der Waals surface area contributed by atoms with Gasteiger partial charge in [-0.05, 0) is 13.0 Å². The maximum atomic E-state index is 12.3. The molecule has 0 saturated heterocycles. The number of aryl methyl sites for hydroxylation is 1. The molecule has 7 nitrogen and oxygen atoms in total. The molecule has 1 N–H and O–H groups in total.